The third-order valence-electron chi connectivity index (χ3n) is 4.33. The molecule has 2 rings (SSSR count). The molecule has 0 saturated heterocycles. The van der Waals surface area contributed by atoms with E-state index in [1.807, 2.05) is 18.2 Å². The zero-order valence-electron chi connectivity index (χ0n) is 14.5. The highest BCUT2D eigenvalue weighted by molar-refractivity contribution is 5.75. The van der Waals surface area contributed by atoms with Crippen LogP contribution in [0.1, 0.15) is 39.0 Å². The van der Waals surface area contributed by atoms with E-state index in [0.717, 1.165) is 44.5 Å². The number of benzene rings is 1. The van der Waals surface area contributed by atoms with Crippen LogP contribution in [-0.2, 0) is 9.53 Å². The summed E-state index contributed by atoms with van der Waals surface area (Å²) in [6.07, 6.45) is 6.82. The first-order valence-corrected chi connectivity index (χ1v) is 8.87. The Kier molecular flexibility index (Phi) is 7.83. The fourth-order valence-corrected chi connectivity index (χ4v) is 2.86. The van der Waals surface area contributed by atoms with Crippen molar-refractivity contribution in [3.63, 3.8) is 0 Å². The number of hydrogen-bond donors (Lipinski definition) is 0. The van der Waals surface area contributed by atoms with Gasteiger partial charge in [-0.2, -0.15) is 0 Å². The average molecular weight is 332 g/mol. The first kappa shape index (κ1) is 18.5. The molecule has 0 aliphatic heterocycles. The van der Waals surface area contributed by atoms with Crippen LogP contribution in [0.2, 0.25) is 0 Å². The van der Waals surface area contributed by atoms with E-state index in [1.54, 1.807) is 12.1 Å². The molecule has 0 amide bonds. The SMILES string of the molecule is C=CC1CCC(C(=O)Oc2ccc(OCCOCCC)cc2)CC1. The van der Waals surface area contributed by atoms with Gasteiger partial charge in [-0.15, -0.1) is 6.58 Å². The molecule has 1 aromatic rings. The van der Waals surface area contributed by atoms with Crippen molar-refractivity contribution in [1.29, 1.82) is 0 Å². The summed E-state index contributed by atoms with van der Waals surface area (Å²) in [6.45, 7) is 7.76. The predicted octanol–water partition coefficient (Wildman–Crippen LogP) is 4.39. The van der Waals surface area contributed by atoms with Gasteiger partial charge < -0.3 is 14.2 Å². The molecule has 0 aromatic heterocycles. The molecule has 0 atom stereocenters. The van der Waals surface area contributed by atoms with Crippen molar-refractivity contribution in [3.05, 3.63) is 36.9 Å². The third-order valence-corrected chi connectivity index (χ3v) is 4.33. The summed E-state index contributed by atoms with van der Waals surface area (Å²) in [5, 5.41) is 0. The highest BCUT2D eigenvalue weighted by Crippen LogP contribution is 2.30. The van der Waals surface area contributed by atoms with Crippen molar-refractivity contribution >= 4 is 5.97 Å². The summed E-state index contributed by atoms with van der Waals surface area (Å²) >= 11 is 0. The molecule has 4 heteroatoms. The minimum absolute atomic E-state index is 0.00726. The van der Waals surface area contributed by atoms with Crippen molar-refractivity contribution in [2.75, 3.05) is 19.8 Å². The number of carbonyl (C=O) groups is 1. The van der Waals surface area contributed by atoms with Crippen LogP contribution in [0, 0.1) is 11.8 Å². The molecule has 0 spiro atoms. The summed E-state index contributed by atoms with van der Waals surface area (Å²) in [7, 11) is 0. The molecule has 1 aliphatic rings. The normalized spacial score (nSPS) is 20.4. The first-order valence-electron chi connectivity index (χ1n) is 8.87. The van der Waals surface area contributed by atoms with Crippen LogP contribution >= 0.6 is 0 Å². The molecule has 0 bridgehead atoms. The van der Waals surface area contributed by atoms with Gasteiger partial charge in [0, 0.05) is 6.61 Å². The van der Waals surface area contributed by atoms with Gasteiger partial charge in [-0.05, 0) is 62.3 Å². The molecule has 24 heavy (non-hydrogen) atoms. The molecule has 1 aromatic carbocycles. The Bertz CT molecular complexity index is 501. The molecule has 0 N–H and O–H groups in total. The highest BCUT2D eigenvalue weighted by atomic mass is 16.5. The van der Waals surface area contributed by atoms with E-state index in [-0.39, 0.29) is 11.9 Å². The van der Waals surface area contributed by atoms with Gasteiger partial charge in [-0.1, -0.05) is 13.0 Å². The summed E-state index contributed by atoms with van der Waals surface area (Å²) in [5.74, 6) is 1.75. The number of allylic oxidation sites excluding steroid dienone is 1. The molecule has 0 unspecified atom stereocenters. The Labute approximate surface area is 144 Å². The Hall–Kier alpha value is -1.81. The van der Waals surface area contributed by atoms with Gasteiger partial charge in [-0.25, -0.2) is 0 Å². The summed E-state index contributed by atoms with van der Waals surface area (Å²) in [5.41, 5.74) is 0. The predicted molar refractivity (Wildman–Crippen MR) is 94.3 cm³/mol. The van der Waals surface area contributed by atoms with Crippen LogP contribution in [0.3, 0.4) is 0 Å². The molecular formula is C20H28O4. The molecule has 1 saturated carbocycles. The number of ether oxygens (including phenoxy) is 3. The minimum Gasteiger partial charge on any atom is -0.491 e. The molecule has 0 heterocycles. The van der Waals surface area contributed by atoms with E-state index in [1.165, 1.54) is 0 Å². The van der Waals surface area contributed by atoms with E-state index in [9.17, 15) is 4.79 Å². The number of carbonyl (C=O) groups excluding carboxylic acids is 1. The van der Waals surface area contributed by atoms with Gasteiger partial charge in [0.2, 0.25) is 0 Å². The van der Waals surface area contributed by atoms with Crippen molar-refractivity contribution in [2.24, 2.45) is 11.8 Å². The van der Waals surface area contributed by atoms with Gasteiger partial charge >= 0.3 is 5.97 Å². The van der Waals surface area contributed by atoms with Crippen molar-refractivity contribution in [2.45, 2.75) is 39.0 Å². The second-order valence-corrected chi connectivity index (χ2v) is 6.20. The van der Waals surface area contributed by atoms with Crippen molar-refractivity contribution < 1.29 is 19.0 Å². The number of esters is 1. The standard InChI is InChI=1S/C20H28O4/c1-3-13-22-14-15-23-18-9-11-19(12-10-18)24-20(21)17-7-5-16(4-2)6-8-17/h4,9-12,16-17H,2-3,5-8,13-15H2,1H3. The quantitative estimate of drug-likeness (QED) is 0.291. The maximum Gasteiger partial charge on any atom is 0.314 e. The smallest absolute Gasteiger partial charge is 0.314 e. The van der Waals surface area contributed by atoms with Crippen LogP contribution in [0.4, 0.5) is 0 Å². The summed E-state index contributed by atoms with van der Waals surface area (Å²) in [4.78, 5) is 12.2. The van der Waals surface area contributed by atoms with Crippen LogP contribution in [0.15, 0.2) is 36.9 Å². The molecule has 132 valence electrons. The van der Waals surface area contributed by atoms with Crippen LogP contribution in [0.5, 0.6) is 11.5 Å². The maximum absolute atomic E-state index is 12.2. The zero-order valence-corrected chi connectivity index (χ0v) is 14.5. The van der Waals surface area contributed by atoms with E-state index in [0.29, 0.717) is 24.9 Å². The van der Waals surface area contributed by atoms with Crippen LogP contribution < -0.4 is 9.47 Å². The van der Waals surface area contributed by atoms with Crippen LogP contribution in [0.25, 0.3) is 0 Å². The summed E-state index contributed by atoms with van der Waals surface area (Å²) in [6, 6.07) is 7.18. The zero-order chi connectivity index (χ0) is 17.2. The van der Waals surface area contributed by atoms with Gasteiger partial charge in [-0.3, -0.25) is 4.79 Å². The number of hydrogen-bond acceptors (Lipinski definition) is 4. The van der Waals surface area contributed by atoms with Crippen molar-refractivity contribution in [1.82, 2.24) is 0 Å². The maximum atomic E-state index is 12.2. The second-order valence-electron chi connectivity index (χ2n) is 6.20. The second kappa shape index (κ2) is 10.1. The minimum atomic E-state index is -0.126. The van der Waals surface area contributed by atoms with Gasteiger partial charge in [0.25, 0.3) is 0 Å². The fourth-order valence-electron chi connectivity index (χ4n) is 2.86. The molecule has 1 aliphatic carbocycles. The number of rotatable bonds is 9. The van der Waals surface area contributed by atoms with Gasteiger partial charge in [0.15, 0.2) is 0 Å². The Morgan fingerprint density at radius 3 is 2.38 bits per heavy atom. The topological polar surface area (TPSA) is 44.8 Å². The van der Waals surface area contributed by atoms with Gasteiger partial charge in [0.1, 0.15) is 18.1 Å². The molecule has 1 fully saturated rings. The Balaban J connectivity index is 1.73. The first-order chi connectivity index (χ1) is 11.7. The molecule has 4 nitrogen and oxygen atoms in total. The lowest BCUT2D eigenvalue weighted by atomic mass is 9.82. The third kappa shape index (κ3) is 6.00. The lowest BCUT2D eigenvalue weighted by Gasteiger charge is -2.24. The highest BCUT2D eigenvalue weighted by Gasteiger charge is 2.26. The lowest BCUT2D eigenvalue weighted by Crippen LogP contribution is -2.25. The average Bonchev–Trinajstić information content (AvgIpc) is 2.63. The largest absolute Gasteiger partial charge is 0.491 e. The Morgan fingerprint density at radius 1 is 1.08 bits per heavy atom. The molecular weight excluding hydrogens is 304 g/mol. The van der Waals surface area contributed by atoms with Gasteiger partial charge in [0.05, 0.1) is 12.5 Å². The van der Waals surface area contributed by atoms with E-state index in [4.69, 9.17) is 14.2 Å². The Morgan fingerprint density at radius 2 is 1.75 bits per heavy atom. The summed E-state index contributed by atoms with van der Waals surface area (Å²) < 4.78 is 16.4. The van der Waals surface area contributed by atoms with Crippen molar-refractivity contribution in [3.8, 4) is 11.5 Å². The monoisotopic (exact) mass is 332 g/mol. The van der Waals surface area contributed by atoms with E-state index < -0.39 is 0 Å². The molecule has 0 radical (unpaired) electrons. The van der Waals surface area contributed by atoms with E-state index >= 15 is 0 Å². The lowest BCUT2D eigenvalue weighted by molar-refractivity contribution is -0.140. The van der Waals surface area contributed by atoms with E-state index in [2.05, 4.69) is 13.5 Å². The fraction of sp³-hybridized carbons (Fsp3) is 0.550. The van der Waals surface area contributed by atoms with Crippen LogP contribution in [-0.4, -0.2) is 25.8 Å².